The van der Waals surface area contributed by atoms with Crippen molar-refractivity contribution in [2.75, 3.05) is 37.8 Å². The molecule has 0 saturated carbocycles. The van der Waals surface area contributed by atoms with Gasteiger partial charge in [-0.15, -0.1) is 0 Å². The highest BCUT2D eigenvalue weighted by atomic mass is 35.5. The van der Waals surface area contributed by atoms with Crippen LogP contribution in [-0.4, -0.2) is 42.1 Å². The molecule has 0 aliphatic carbocycles. The lowest BCUT2D eigenvalue weighted by Crippen LogP contribution is -2.18. The molecule has 1 aromatic carbocycles. The Kier molecular flexibility index (Phi) is 6.91. The number of nitrogens with one attached hydrogen (secondary N) is 2. The molecular weight excluding hydrogens is 390 g/mol. The lowest BCUT2D eigenvalue weighted by Gasteiger charge is -2.14. The molecule has 0 aliphatic heterocycles. The van der Waals surface area contributed by atoms with Crippen molar-refractivity contribution in [1.29, 1.82) is 0 Å². The molecule has 0 atom stereocenters. The second-order valence-electron chi connectivity index (χ2n) is 5.80. The fourth-order valence-corrected chi connectivity index (χ4v) is 2.35. The van der Waals surface area contributed by atoms with Gasteiger partial charge in [0.25, 0.3) is 0 Å². The fraction of sp³-hybridized carbons (Fsp3) is 0.375. The Bertz CT molecular complexity index is 753. The molecule has 0 radical (unpaired) electrons. The first-order chi connectivity index (χ1) is 12.1. The number of benzene rings is 1. The quantitative estimate of drug-likeness (QED) is 0.638. The van der Waals surface area contributed by atoms with Crippen molar-refractivity contribution in [2.45, 2.75) is 12.6 Å². The van der Waals surface area contributed by atoms with Crippen molar-refractivity contribution >= 4 is 40.7 Å². The molecule has 142 valence electrons. The number of halogens is 5. The third kappa shape index (κ3) is 6.19. The standard InChI is InChI=1S/C16H18Cl2F3N5/c1-26(2)7-3-6-22-15-24-13(16(19,20)21)9-14(25-15)23-10-4-5-11(17)12(18)8-10/h4-5,8-9H,3,6-7H2,1-2H3,(H2,22,23,24,25). The molecular formula is C16H18Cl2F3N5. The van der Waals surface area contributed by atoms with Gasteiger partial charge in [-0.2, -0.15) is 18.2 Å². The smallest absolute Gasteiger partial charge is 0.354 e. The van der Waals surface area contributed by atoms with Crippen molar-refractivity contribution in [1.82, 2.24) is 14.9 Å². The molecule has 1 aromatic heterocycles. The Morgan fingerprint density at radius 1 is 1.08 bits per heavy atom. The minimum atomic E-state index is -4.59. The van der Waals surface area contributed by atoms with Crippen LogP contribution < -0.4 is 10.6 Å². The maximum atomic E-state index is 13.1. The number of hydrogen-bond acceptors (Lipinski definition) is 5. The number of rotatable bonds is 7. The maximum absolute atomic E-state index is 13.1. The van der Waals surface area contributed by atoms with Crippen LogP contribution in [0.4, 0.5) is 30.6 Å². The monoisotopic (exact) mass is 407 g/mol. The Hall–Kier alpha value is -1.77. The van der Waals surface area contributed by atoms with Crippen LogP contribution in [0.2, 0.25) is 10.0 Å². The first-order valence-electron chi connectivity index (χ1n) is 7.72. The fourth-order valence-electron chi connectivity index (χ4n) is 2.05. The second-order valence-corrected chi connectivity index (χ2v) is 6.61. The van der Waals surface area contributed by atoms with Crippen LogP contribution in [0.15, 0.2) is 24.3 Å². The summed E-state index contributed by atoms with van der Waals surface area (Å²) in [5, 5.41) is 6.24. The second kappa shape index (κ2) is 8.75. The molecule has 0 unspecified atom stereocenters. The van der Waals surface area contributed by atoms with Crippen molar-refractivity contribution in [3.63, 3.8) is 0 Å². The summed E-state index contributed by atoms with van der Waals surface area (Å²) in [6.07, 6.45) is -3.85. The van der Waals surface area contributed by atoms with Crippen LogP contribution in [-0.2, 0) is 6.18 Å². The van der Waals surface area contributed by atoms with Gasteiger partial charge in [0.15, 0.2) is 5.69 Å². The Morgan fingerprint density at radius 2 is 1.81 bits per heavy atom. The van der Waals surface area contributed by atoms with Gasteiger partial charge in [-0.1, -0.05) is 23.2 Å². The zero-order chi connectivity index (χ0) is 19.3. The van der Waals surface area contributed by atoms with E-state index in [9.17, 15) is 13.2 Å². The Balaban J connectivity index is 2.20. The summed E-state index contributed by atoms with van der Waals surface area (Å²) in [5.41, 5.74) is -0.574. The summed E-state index contributed by atoms with van der Waals surface area (Å²) in [7, 11) is 3.83. The van der Waals surface area contributed by atoms with E-state index >= 15 is 0 Å². The summed E-state index contributed by atoms with van der Waals surface area (Å²) in [6, 6.07) is 5.48. The number of hydrogen-bond donors (Lipinski definition) is 2. The van der Waals surface area contributed by atoms with Gasteiger partial charge in [0.1, 0.15) is 5.82 Å². The van der Waals surface area contributed by atoms with E-state index in [-0.39, 0.29) is 16.8 Å². The first-order valence-corrected chi connectivity index (χ1v) is 8.47. The molecule has 26 heavy (non-hydrogen) atoms. The van der Waals surface area contributed by atoms with Crippen LogP contribution in [0.25, 0.3) is 0 Å². The van der Waals surface area contributed by atoms with Gasteiger partial charge in [-0.25, -0.2) is 4.98 Å². The highest BCUT2D eigenvalue weighted by Crippen LogP contribution is 2.31. The van der Waals surface area contributed by atoms with Crippen LogP contribution in [0.3, 0.4) is 0 Å². The van der Waals surface area contributed by atoms with Crippen LogP contribution in [0.5, 0.6) is 0 Å². The van der Waals surface area contributed by atoms with Crippen molar-refractivity contribution in [2.24, 2.45) is 0 Å². The van der Waals surface area contributed by atoms with E-state index in [1.807, 2.05) is 19.0 Å². The molecule has 5 nitrogen and oxygen atoms in total. The van der Waals surface area contributed by atoms with Gasteiger partial charge in [0.05, 0.1) is 10.0 Å². The third-order valence-corrected chi connectivity index (χ3v) is 4.01. The van der Waals surface area contributed by atoms with Crippen LogP contribution in [0, 0.1) is 0 Å². The summed E-state index contributed by atoms with van der Waals surface area (Å²) < 4.78 is 39.3. The SMILES string of the molecule is CN(C)CCCNc1nc(Nc2ccc(Cl)c(Cl)c2)cc(C(F)(F)F)n1. The van der Waals surface area contributed by atoms with E-state index in [0.717, 1.165) is 19.0 Å². The van der Waals surface area contributed by atoms with E-state index < -0.39 is 11.9 Å². The normalized spacial score (nSPS) is 11.7. The minimum Gasteiger partial charge on any atom is -0.354 e. The largest absolute Gasteiger partial charge is 0.433 e. The van der Waals surface area contributed by atoms with Gasteiger partial charge in [0, 0.05) is 18.3 Å². The highest BCUT2D eigenvalue weighted by molar-refractivity contribution is 6.42. The molecule has 10 heteroatoms. The molecule has 0 aliphatic rings. The van der Waals surface area contributed by atoms with E-state index in [1.54, 1.807) is 12.1 Å². The molecule has 0 spiro atoms. The molecule has 2 aromatic rings. The number of aromatic nitrogens is 2. The molecule has 1 heterocycles. The minimum absolute atomic E-state index is 0.000763. The summed E-state index contributed by atoms with van der Waals surface area (Å²) in [5.74, 6) is -0.0954. The predicted molar refractivity (Wildman–Crippen MR) is 98.4 cm³/mol. The average Bonchev–Trinajstić information content (AvgIpc) is 2.54. The molecule has 0 fully saturated rings. The maximum Gasteiger partial charge on any atom is 0.433 e. The van der Waals surface area contributed by atoms with Crippen LogP contribution >= 0.6 is 23.2 Å². The van der Waals surface area contributed by atoms with Crippen molar-refractivity contribution in [3.8, 4) is 0 Å². The van der Waals surface area contributed by atoms with Gasteiger partial charge >= 0.3 is 6.18 Å². The Labute approximate surface area is 159 Å². The van der Waals surface area contributed by atoms with Gasteiger partial charge in [0.2, 0.25) is 5.95 Å². The molecule has 2 N–H and O–H groups in total. The van der Waals surface area contributed by atoms with E-state index in [0.29, 0.717) is 17.3 Å². The van der Waals surface area contributed by atoms with E-state index in [4.69, 9.17) is 23.2 Å². The van der Waals surface area contributed by atoms with Gasteiger partial charge in [-0.05, 0) is 45.3 Å². The molecule has 0 bridgehead atoms. The topological polar surface area (TPSA) is 53.1 Å². The average molecular weight is 408 g/mol. The molecule has 0 amide bonds. The van der Waals surface area contributed by atoms with Crippen molar-refractivity contribution in [3.05, 3.63) is 40.0 Å². The molecule has 2 rings (SSSR count). The summed E-state index contributed by atoms with van der Waals surface area (Å²) in [6.45, 7) is 1.24. The van der Waals surface area contributed by atoms with Gasteiger partial charge < -0.3 is 15.5 Å². The van der Waals surface area contributed by atoms with Crippen molar-refractivity contribution < 1.29 is 13.2 Å². The lowest BCUT2D eigenvalue weighted by molar-refractivity contribution is -0.141. The first kappa shape index (κ1) is 20.5. The predicted octanol–water partition coefficient (Wildman–Crippen LogP) is 4.91. The van der Waals surface area contributed by atoms with E-state index in [2.05, 4.69) is 20.6 Å². The highest BCUT2D eigenvalue weighted by Gasteiger charge is 2.33. The zero-order valence-electron chi connectivity index (χ0n) is 14.2. The van der Waals surface area contributed by atoms with Gasteiger partial charge in [-0.3, -0.25) is 0 Å². The van der Waals surface area contributed by atoms with Crippen LogP contribution in [0.1, 0.15) is 12.1 Å². The number of anilines is 3. The lowest BCUT2D eigenvalue weighted by atomic mass is 10.3. The number of alkyl halides is 3. The van der Waals surface area contributed by atoms with E-state index in [1.165, 1.54) is 6.07 Å². The summed E-state index contributed by atoms with van der Waals surface area (Å²) in [4.78, 5) is 9.61. The zero-order valence-corrected chi connectivity index (χ0v) is 15.7. The number of nitrogens with zero attached hydrogens (tertiary/aromatic N) is 3. The summed E-state index contributed by atoms with van der Waals surface area (Å²) >= 11 is 11.8. The third-order valence-electron chi connectivity index (χ3n) is 3.27. The molecule has 0 saturated heterocycles. The Morgan fingerprint density at radius 3 is 2.42 bits per heavy atom.